The lowest BCUT2D eigenvalue weighted by molar-refractivity contribution is 0.176. The van der Waals surface area contributed by atoms with Crippen molar-refractivity contribution in [2.75, 3.05) is 25.1 Å². The minimum atomic E-state index is -2.92. The summed E-state index contributed by atoms with van der Waals surface area (Å²) in [6.45, 7) is 2.49. The molecule has 1 aromatic heterocycles. The number of piperidine rings is 1. The molecule has 1 aliphatic heterocycles. The van der Waals surface area contributed by atoms with E-state index in [0.717, 1.165) is 47.6 Å². The number of aryl methyl sites for hydroxylation is 1. The first kappa shape index (κ1) is 16.7. The van der Waals surface area contributed by atoms with Crippen LogP contribution in [0, 0.1) is 5.92 Å². The van der Waals surface area contributed by atoms with E-state index in [9.17, 15) is 8.42 Å². The number of hydrogen-bond acceptors (Lipinski definition) is 4. The Bertz CT molecular complexity index is 816. The van der Waals surface area contributed by atoms with E-state index in [-0.39, 0.29) is 11.7 Å². The molecule has 2 heterocycles. The second-order valence-corrected chi connectivity index (χ2v) is 9.13. The second-order valence-electron chi connectivity index (χ2n) is 6.54. The number of likely N-dealkylation sites (tertiary alicyclic amines) is 1. The highest BCUT2D eigenvalue weighted by Gasteiger charge is 2.24. The number of rotatable bonds is 4. The molecule has 5 nitrogen and oxygen atoms in total. The van der Waals surface area contributed by atoms with E-state index in [1.165, 1.54) is 6.26 Å². The van der Waals surface area contributed by atoms with Crippen LogP contribution in [0.25, 0.3) is 10.9 Å². The molecule has 2 aromatic rings. The number of sulfone groups is 1. The van der Waals surface area contributed by atoms with Gasteiger partial charge in [0.05, 0.1) is 22.0 Å². The van der Waals surface area contributed by atoms with Gasteiger partial charge in [-0.2, -0.15) is 5.10 Å². The van der Waals surface area contributed by atoms with Crippen molar-refractivity contribution in [1.82, 2.24) is 14.7 Å². The van der Waals surface area contributed by atoms with Crippen LogP contribution in [0.5, 0.6) is 0 Å². The lowest BCUT2D eigenvalue weighted by Gasteiger charge is -2.31. The monoisotopic (exact) mass is 355 g/mol. The van der Waals surface area contributed by atoms with E-state index in [1.807, 2.05) is 29.9 Å². The van der Waals surface area contributed by atoms with E-state index in [4.69, 9.17) is 11.6 Å². The minimum Gasteiger partial charge on any atom is -0.297 e. The largest absolute Gasteiger partial charge is 0.297 e. The zero-order valence-corrected chi connectivity index (χ0v) is 15.1. The number of aromatic nitrogens is 2. The Kier molecular flexibility index (Phi) is 4.67. The standard InChI is InChI=1S/C16H22ClN3O2S/c1-19-15-7-3-6-13(17)16(15)14(18-19)10-20-8-4-5-12(9-20)11-23(2,21)22/h3,6-7,12H,4-5,8-11H2,1-2H3/t12-/m0/s1. The quantitative estimate of drug-likeness (QED) is 0.845. The first-order valence-electron chi connectivity index (χ1n) is 7.83. The number of halogens is 1. The van der Waals surface area contributed by atoms with Crippen LogP contribution in [0.15, 0.2) is 18.2 Å². The highest BCUT2D eigenvalue weighted by Crippen LogP contribution is 2.28. The van der Waals surface area contributed by atoms with Gasteiger partial charge in [0.2, 0.25) is 0 Å². The van der Waals surface area contributed by atoms with Gasteiger partial charge in [-0.15, -0.1) is 0 Å². The average Bonchev–Trinajstić information content (AvgIpc) is 2.75. The van der Waals surface area contributed by atoms with Gasteiger partial charge in [-0.05, 0) is 37.4 Å². The van der Waals surface area contributed by atoms with Gasteiger partial charge in [0.15, 0.2) is 0 Å². The molecular weight excluding hydrogens is 334 g/mol. The van der Waals surface area contributed by atoms with Gasteiger partial charge in [-0.3, -0.25) is 9.58 Å². The molecule has 0 saturated carbocycles. The molecule has 7 heteroatoms. The zero-order valence-electron chi connectivity index (χ0n) is 13.5. The van der Waals surface area contributed by atoms with E-state index in [0.29, 0.717) is 6.54 Å². The van der Waals surface area contributed by atoms with Gasteiger partial charge in [-0.1, -0.05) is 17.7 Å². The van der Waals surface area contributed by atoms with Crippen LogP contribution < -0.4 is 0 Å². The van der Waals surface area contributed by atoms with E-state index in [2.05, 4.69) is 10.00 Å². The minimum absolute atomic E-state index is 0.212. The molecule has 1 aromatic carbocycles. The molecule has 126 valence electrons. The maximum absolute atomic E-state index is 11.5. The normalized spacial score (nSPS) is 20.2. The Hall–Kier alpha value is -1.11. The maximum Gasteiger partial charge on any atom is 0.147 e. The predicted molar refractivity (Wildman–Crippen MR) is 93.4 cm³/mol. The molecule has 0 radical (unpaired) electrons. The smallest absolute Gasteiger partial charge is 0.147 e. The third-order valence-electron chi connectivity index (χ3n) is 4.41. The van der Waals surface area contributed by atoms with Gasteiger partial charge >= 0.3 is 0 Å². The Labute approximate surface area is 142 Å². The summed E-state index contributed by atoms with van der Waals surface area (Å²) in [4.78, 5) is 2.30. The third-order valence-corrected chi connectivity index (χ3v) is 5.81. The second kappa shape index (κ2) is 6.42. The van der Waals surface area contributed by atoms with Gasteiger partial charge in [0.25, 0.3) is 0 Å². The van der Waals surface area contributed by atoms with Crippen molar-refractivity contribution in [2.24, 2.45) is 13.0 Å². The number of nitrogens with zero attached hydrogens (tertiary/aromatic N) is 3. The summed E-state index contributed by atoms with van der Waals surface area (Å²) in [6, 6.07) is 5.83. The highest BCUT2D eigenvalue weighted by molar-refractivity contribution is 7.90. The van der Waals surface area contributed by atoms with Crippen molar-refractivity contribution in [1.29, 1.82) is 0 Å². The molecule has 0 amide bonds. The highest BCUT2D eigenvalue weighted by atomic mass is 35.5. The van der Waals surface area contributed by atoms with E-state index < -0.39 is 9.84 Å². The van der Waals surface area contributed by atoms with Crippen LogP contribution >= 0.6 is 11.6 Å². The third kappa shape index (κ3) is 3.87. The summed E-state index contributed by atoms with van der Waals surface area (Å²) in [5.74, 6) is 0.483. The summed E-state index contributed by atoms with van der Waals surface area (Å²) in [5.41, 5.74) is 1.99. The molecule has 3 rings (SSSR count). The van der Waals surface area contributed by atoms with Crippen molar-refractivity contribution >= 4 is 32.3 Å². The molecule has 1 aliphatic rings. The summed E-state index contributed by atoms with van der Waals surface area (Å²) in [5, 5.41) is 6.34. The van der Waals surface area contributed by atoms with Crippen LogP contribution in [-0.2, 0) is 23.4 Å². The Morgan fingerprint density at radius 1 is 1.39 bits per heavy atom. The lowest BCUT2D eigenvalue weighted by Crippen LogP contribution is -2.37. The molecule has 0 spiro atoms. The molecule has 1 atom stereocenters. The van der Waals surface area contributed by atoms with Crippen molar-refractivity contribution in [3.8, 4) is 0 Å². The van der Waals surface area contributed by atoms with Crippen molar-refractivity contribution < 1.29 is 8.42 Å². The number of benzene rings is 1. The zero-order chi connectivity index (χ0) is 16.6. The van der Waals surface area contributed by atoms with Crippen molar-refractivity contribution in [3.05, 3.63) is 28.9 Å². The average molecular weight is 356 g/mol. The van der Waals surface area contributed by atoms with Crippen molar-refractivity contribution in [2.45, 2.75) is 19.4 Å². The van der Waals surface area contributed by atoms with Crippen molar-refractivity contribution in [3.63, 3.8) is 0 Å². The molecule has 0 N–H and O–H groups in total. The summed E-state index contributed by atoms with van der Waals surface area (Å²) in [7, 11) is -1.00. The molecule has 1 saturated heterocycles. The van der Waals surface area contributed by atoms with Crippen LogP contribution in [-0.4, -0.2) is 48.2 Å². The van der Waals surface area contributed by atoms with Crippen LogP contribution in [0.4, 0.5) is 0 Å². The molecular formula is C16H22ClN3O2S. The topological polar surface area (TPSA) is 55.2 Å². The maximum atomic E-state index is 11.5. The summed E-state index contributed by atoms with van der Waals surface area (Å²) < 4.78 is 24.9. The van der Waals surface area contributed by atoms with E-state index >= 15 is 0 Å². The Morgan fingerprint density at radius 2 is 2.17 bits per heavy atom. The first-order chi connectivity index (χ1) is 10.8. The number of hydrogen-bond donors (Lipinski definition) is 0. The van der Waals surface area contributed by atoms with Gasteiger partial charge in [-0.25, -0.2) is 8.42 Å². The SMILES string of the molecule is Cn1nc(CN2CCC[C@H](CS(C)(=O)=O)C2)c2c(Cl)cccc21. The first-order valence-corrected chi connectivity index (χ1v) is 10.3. The van der Waals surface area contributed by atoms with Gasteiger partial charge in [0.1, 0.15) is 9.84 Å². The van der Waals surface area contributed by atoms with Crippen LogP contribution in [0.2, 0.25) is 5.02 Å². The van der Waals surface area contributed by atoms with Crippen LogP contribution in [0.1, 0.15) is 18.5 Å². The molecule has 23 heavy (non-hydrogen) atoms. The van der Waals surface area contributed by atoms with Crippen LogP contribution in [0.3, 0.4) is 0 Å². The van der Waals surface area contributed by atoms with E-state index in [1.54, 1.807) is 0 Å². The molecule has 1 fully saturated rings. The molecule has 0 bridgehead atoms. The fourth-order valence-electron chi connectivity index (χ4n) is 3.53. The molecule has 0 aliphatic carbocycles. The Morgan fingerprint density at radius 3 is 2.91 bits per heavy atom. The lowest BCUT2D eigenvalue weighted by atomic mass is 10.00. The fraction of sp³-hybridized carbons (Fsp3) is 0.562. The molecule has 0 unspecified atom stereocenters. The van der Waals surface area contributed by atoms with Gasteiger partial charge in [0, 0.05) is 31.8 Å². The Balaban J connectivity index is 1.79. The summed E-state index contributed by atoms with van der Waals surface area (Å²) >= 11 is 6.36. The fourth-order valence-corrected chi connectivity index (χ4v) is 4.94. The predicted octanol–water partition coefficient (Wildman–Crippen LogP) is 2.48. The number of fused-ring (bicyclic) bond motifs is 1. The van der Waals surface area contributed by atoms with Gasteiger partial charge < -0.3 is 0 Å². The summed E-state index contributed by atoms with van der Waals surface area (Å²) in [6.07, 6.45) is 3.32.